The molecule has 3 heteroatoms. The minimum Gasteiger partial charge on any atom is -0.373 e. The molecule has 4 N–H and O–H groups in total. The van der Waals surface area contributed by atoms with Gasteiger partial charge in [0.1, 0.15) is 0 Å². The Bertz CT molecular complexity index is 393. The standard InChI is InChI=1S/C15H27N3/c1-11-6-7-12(15(2,3)4)8-14(11)18(5)10-13(17)9-16/h6-8,13H,9-10,16-17H2,1-5H3. The van der Waals surface area contributed by atoms with E-state index in [0.717, 1.165) is 6.54 Å². The summed E-state index contributed by atoms with van der Waals surface area (Å²) in [5.74, 6) is 0. The zero-order valence-electron chi connectivity index (χ0n) is 12.3. The van der Waals surface area contributed by atoms with E-state index in [9.17, 15) is 0 Å². The third kappa shape index (κ3) is 3.72. The number of aryl methyl sites for hydroxylation is 1. The minimum atomic E-state index is 0.0210. The first-order chi connectivity index (χ1) is 8.25. The molecule has 3 nitrogen and oxygen atoms in total. The third-order valence-corrected chi connectivity index (χ3v) is 3.30. The van der Waals surface area contributed by atoms with Gasteiger partial charge in [0.15, 0.2) is 0 Å². The molecule has 102 valence electrons. The molecule has 0 aliphatic heterocycles. The lowest BCUT2D eigenvalue weighted by molar-refractivity contribution is 0.589. The van der Waals surface area contributed by atoms with Gasteiger partial charge in [-0.15, -0.1) is 0 Å². The van der Waals surface area contributed by atoms with Gasteiger partial charge in [-0.25, -0.2) is 0 Å². The molecule has 0 heterocycles. The molecule has 0 fully saturated rings. The van der Waals surface area contributed by atoms with Crippen LogP contribution in [0.2, 0.25) is 0 Å². The maximum atomic E-state index is 5.92. The van der Waals surface area contributed by atoms with Gasteiger partial charge >= 0.3 is 0 Å². The van der Waals surface area contributed by atoms with E-state index in [2.05, 4.69) is 57.8 Å². The van der Waals surface area contributed by atoms with Crippen molar-refractivity contribution in [1.29, 1.82) is 0 Å². The van der Waals surface area contributed by atoms with Crippen molar-refractivity contribution < 1.29 is 0 Å². The summed E-state index contributed by atoms with van der Waals surface area (Å²) in [4.78, 5) is 2.20. The Balaban J connectivity index is 3.00. The molecule has 0 aromatic heterocycles. The summed E-state index contributed by atoms with van der Waals surface area (Å²) >= 11 is 0. The molecular formula is C15H27N3. The molecule has 0 aliphatic rings. The van der Waals surface area contributed by atoms with Crippen LogP contribution in [0.3, 0.4) is 0 Å². The monoisotopic (exact) mass is 249 g/mol. The van der Waals surface area contributed by atoms with Crippen LogP contribution in [0.4, 0.5) is 5.69 Å². The number of nitrogens with two attached hydrogens (primary N) is 2. The maximum Gasteiger partial charge on any atom is 0.0396 e. The van der Waals surface area contributed by atoms with E-state index in [-0.39, 0.29) is 11.5 Å². The van der Waals surface area contributed by atoms with Crippen LogP contribution in [0.25, 0.3) is 0 Å². The number of rotatable bonds is 4. The molecule has 0 saturated heterocycles. The zero-order chi connectivity index (χ0) is 13.9. The molecule has 0 radical (unpaired) electrons. The van der Waals surface area contributed by atoms with E-state index < -0.39 is 0 Å². The van der Waals surface area contributed by atoms with Gasteiger partial charge in [-0.3, -0.25) is 0 Å². The quantitative estimate of drug-likeness (QED) is 0.858. The predicted octanol–water partition coefficient (Wildman–Crippen LogP) is 2.01. The van der Waals surface area contributed by atoms with E-state index in [1.165, 1.54) is 16.8 Å². The fraction of sp³-hybridized carbons (Fsp3) is 0.600. The average Bonchev–Trinajstić information content (AvgIpc) is 2.27. The van der Waals surface area contributed by atoms with Gasteiger partial charge in [-0.1, -0.05) is 32.9 Å². The lowest BCUT2D eigenvalue weighted by Crippen LogP contribution is -2.40. The van der Waals surface area contributed by atoms with Gasteiger partial charge in [0.2, 0.25) is 0 Å². The van der Waals surface area contributed by atoms with Crippen molar-refractivity contribution in [3.05, 3.63) is 29.3 Å². The maximum absolute atomic E-state index is 5.92. The molecule has 0 amide bonds. The second-order valence-corrected chi connectivity index (χ2v) is 6.13. The molecule has 1 rings (SSSR count). The van der Waals surface area contributed by atoms with Gasteiger partial charge in [-0.2, -0.15) is 0 Å². The predicted molar refractivity (Wildman–Crippen MR) is 80.2 cm³/mol. The van der Waals surface area contributed by atoms with Gasteiger partial charge in [0.05, 0.1) is 0 Å². The highest BCUT2D eigenvalue weighted by Gasteiger charge is 2.16. The smallest absolute Gasteiger partial charge is 0.0396 e. The van der Waals surface area contributed by atoms with Crippen molar-refractivity contribution in [3.8, 4) is 0 Å². The van der Waals surface area contributed by atoms with E-state index in [4.69, 9.17) is 11.5 Å². The average molecular weight is 249 g/mol. The van der Waals surface area contributed by atoms with Crippen LogP contribution >= 0.6 is 0 Å². The highest BCUT2D eigenvalue weighted by molar-refractivity contribution is 5.55. The first-order valence-corrected chi connectivity index (χ1v) is 6.53. The SMILES string of the molecule is Cc1ccc(C(C)(C)C)cc1N(C)CC(N)CN. The van der Waals surface area contributed by atoms with Crippen LogP contribution in [0.5, 0.6) is 0 Å². The fourth-order valence-electron chi connectivity index (χ4n) is 2.01. The minimum absolute atomic E-state index is 0.0210. The van der Waals surface area contributed by atoms with Crippen LogP contribution in [-0.4, -0.2) is 26.2 Å². The molecule has 0 spiro atoms. The summed E-state index contributed by atoms with van der Waals surface area (Å²) in [6.07, 6.45) is 0. The lowest BCUT2D eigenvalue weighted by Gasteiger charge is -2.27. The number of hydrogen-bond donors (Lipinski definition) is 2. The van der Waals surface area contributed by atoms with Gasteiger partial charge < -0.3 is 16.4 Å². The molecule has 0 aliphatic carbocycles. The Labute approximate surface area is 111 Å². The Morgan fingerprint density at radius 3 is 2.39 bits per heavy atom. The normalized spacial score (nSPS) is 13.5. The molecule has 1 aromatic carbocycles. The molecule has 1 unspecified atom stereocenters. The summed E-state index contributed by atoms with van der Waals surface area (Å²) in [6, 6.07) is 6.67. The summed E-state index contributed by atoms with van der Waals surface area (Å²) < 4.78 is 0. The number of nitrogens with zero attached hydrogens (tertiary/aromatic N) is 1. The second-order valence-electron chi connectivity index (χ2n) is 6.13. The molecular weight excluding hydrogens is 222 g/mol. The molecule has 18 heavy (non-hydrogen) atoms. The van der Waals surface area contributed by atoms with E-state index in [0.29, 0.717) is 6.54 Å². The first kappa shape index (κ1) is 15.0. The van der Waals surface area contributed by atoms with Crippen LogP contribution in [0.1, 0.15) is 31.9 Å². The molecule has 0 bridgehead atoms. The van der Waals surface area contributed by atoms with Crippen LogP contribution in [0, 0.1) is 6.92 Å². The Morgan fingerprint density at radius 2 is 1.89 bits per heavy atom. The van der Waals surface area contributed by atoms with Crippen molar-refractivity contribution in [1.82, 2.24) is 0 Å². The van der Waals surface area contributed by atoms with E-state index >= 15 is 0 Å². The van der Waals surface area contributed by atoms with Gasteiger partial charge in [0, 0.05) is 31.9 Å². The molecule has 1 atom stereocenters. The summed E-state index contributed by atoms with van der Waals surface area (Å²) in [5.41, 5.74) is 15.5. The van der Waals surface area contributed by atoms with Gasteiger partial charge in [-0.05, 0) is 29.5 Å². The second kappa shape index (κ2) is 5.72. The van der Waals surface area contributed by atoms with Gasteiger partial charge in [0.25, 0.3) is 0 Å². The van der Waals surface area contributed by atoms with E-state index in [1.54, 1.807) is 0 Å². The number of benzene rings is 1. The zero-order valence-corrected chi connectivity index (χ0v) is 12.3. The Hall–Kier alpha value is -1.06. The van der Waals surface area contributed by atoms with Crippen molar-refractivity contribution in [3.63, 3.8) is 0 Å². The third-order valence-electron chi connectivity index (χ3n) is 3.30. The highest BCUT2D eigenvalue weighted by atomic mass is 15.1. The van der Waals surface area contributed by atoms with Crippen molar-refractivity contribution >= 4 is 5.69 Å². The Morgan fingerprint density at radius 1 is 1.28 bits per heavy atom. The lowest BCUT2D eigenvalue weighted by atomic mass is 9.86. The Kier molecular flexibility index (Phi) is 4.77. The number of hydrogen-bond acceptors (Lipinski definition) is 3. The largest absolute Gasteiger partial charge is 0.373 e. The topological polar surface area (TPSA) is 55.3 Å². The van der Waals surface area contributed by atoms with Crippen molar-refractivity contribution in [2.75, 3.05) is 25.0 Å². The number of likely N-dealkylation sites (N-methyl/N-ethyl adjacent to an activating group) is 1. The summed E-state index contributed by atoms with van der Waals surface area (Å²) in [7, 11) is 2.07. The van der Waals surface area contributed by atoms with Crippen LogP contribution in [-0.2, 0) is 5.41 Å². The number of anilines is 1. The fourth-order valence-corrected chi connectivity index (χ4v) is 2.01. The van der Waals surface area contributed by atoms with Crippen molar-refractivity contribution in [2.45, 2.75) is 39.2 Å². The first-order valence-electron chi connectivity index (χ1n) is 6.53. The molecule has 1 aromatic rings. The van der Waals surface area contributed by atoms with Crippen LogP contribution in [0.15, 0.2) is 18.2 Å². The highest BCUT2D eigenvalue weighted by Crippen LogP contribution is 2.28. The van der Waals surface area contributed by atoms with Crippen molar-refractivity contribution in [2.24, 2.45) is 11.5 Å². The summed E-state index contributed by atoms with van der Waals surface area (Å²) in [6.45, 7) is 10.1. The molecule has 0 saturated carbocycles. The van der Waals surface area contributed by atoms with Crippen LogP contribution < -0.4 is 16.4 Å². The summed E-state index contributed by atoms with van der Waals surface area (Å²) in [5, 5.41) is 0. The van der Waals surface area contributed by atoms with E-state index in [1.807, 2.05) is 0 Å².